The Morgan fingerprint density at radius 2 is 1.80 bits per heavy atom. The summed E-state index contributed by atoms with van der Waals surface area (Å²) in [6, 6.07) is 12.8. The van der Waals surface area contributed by atoms with Gasteiger partial charge in [-0.05, 0) is 42.5 Å². The lowest BCUT2D eigenvalue weighted by molar-refractivity contribution is 1.40. The van der Waals surface area contributed by atoms with Gasteiger partial charge in [-0.15, -0.1) is 0 Å². The number of hydrogen-bond donors (Lipinski definition) is 2. The molecule has 0 saturated heterocycles. The van der Waals surface area contributed by atoms with Gasteiger partial charge < -0.3 is 11.1 Å². The van der Waals surface area contributed by atoms with Crippen LogP contribution in [0.2, 0.25) is 10.0 Å². The largest absolute Gasteiger partial charge is 0.399 e. The number of rotatable bonds is 2. The molecule has 0 atom stereocenters. The molecule has 1 aromatic heterocycles. The molecular formula is C15H11Cl2N3. The first-order valence-electron chi connectivity index (χ1n) is 6.00. The van der Waals surface area contributed by atoms with Crippen molar-refractivity contribution in [3.8, 4) is 0 Å². The summed E-state index contributed by atoms with van der Waals surface area (Å²) in [6.07, 6.45) is 1.73. The molecule has 1 heterocycles. The minimum atomic E-state index is 0.568. The molecule has 0 bridgehead atoms. The first kappa shape index (κ1) is 13.0. The van der Waals surface area contributed by atoms with Gasteiger partial charge in [-0.1, -0.05) is 23.2 Å². The first-order valence-corrected chi connectivity index (χ1v) is 6.75. The van der Waals surface area contributed by atoms with Gasteiger partial charge in [0, 0.05) is 28.0 Å². The van der Waals surface area contributed by atoms with Crippen LogP contribution in [0.1, 0.15) is 0 Å². The molecular weight excluding hydrogens is 293 g/mol. The highest BCUT2D eigenvalue weighted by Gasteiger charge is 2.05. The van der Waals surface area contributed by atoms with Gasteiger partial charge in [-0.25, -0.2) is 0 Å². The van der Waals surface area contributed by atoms with E-state index < -0.39 is 0 Å². The summed E-state index contributed by atoms with van der Waals surface area (Å²) in [5.74, 6) is 0. The molecule has 2 aromatic carbocycles. The van der Waals surface area contributed by atoms with Crippen LogP contribution in [0.3, 0.4) is 0 Å². The summed E-state index contributed by atoms with van der Waals surface area (Å²) in [4.78, 5) is 4.31. The number of aromatic nitrogens is 1. The average molecular weight is 304 g/mol. The van der Waals surface area contributed by atoms with Crippen LogP contribution >= 0.6 is 23.2 Å². The number of hydrogen-bond acceptors (Lipinski definition) is 3. The fourth-order valence-electron chi connectivity index (χ4n) is 2.01. The third-order valence-electron chi connectivity index (χ3n) is 2.97. The molecule has 20 heavy (non-hydrogen) atoms. The Kier molecular flexibility index (Phi) is 3.38. The molecule has 0 spiro atoms. The Bertz CT molecular complexity index is 787. The molecule has 0 saturated carbocycles. The van der Waals surface area contributed by atoms with Crippen LogP contribution in [0.4, 0.5) is 17.1 Å². The van der Waals surface area contributed by atoms with Crippen molar-refractivity contribution in [1.29, 1.82) is 0 Å². The molecule has 3 nitrogen and oxygen atoms in total. The highest BCUT2D eigenvalue weighted by Crippen LogP contribution is 2.31. The second-order valence-corrected chi connectivity index (χ2v) is 5.23. The Morgan fingerprint density at radius 3 is 2.60 bits per heavy atom. The van der Waals surface area contributed by atoms with Crippen molar-refractivity contribution in [3.05, 3.63) is 58.7 Å². The fraction of sp³-hybridized carbons (Fsp3) is 0. The monoisotopic (exact) mass is 303 g/mol. The predicted molar refractivity (Wildman–Crippen MR) is 85.9 cm³/mol. The van der Waals surface area contributed by atoms with Crippen LogP contribution in [-0.4, -0.2) is 4.98 Å². The van der Waals surface area contributed by atoms with E-state index in [2.05, 4.69) is 10.3 Å². The van der Waals surface area contributed by atoms with Crippen LogP contribution in [0.25, 0.3) is 10.9 Å². The Labute approximate surface area is 126 Å². The van der Waals surface area contributed by atoms with Gasteiger partial charge in [0.2, 0.25) is 0 Å². The molecule has 0 aliphatic heterocycles. The van der Waals surface area contributed by atoms with Gasteiger partial charge >= 0.3 is 0 Å². The molecule has 3 N–H and O–H groups in total. The van der Waals surface area contributed by atoms with Crippen molar-refractivity contribution in [1.82, 2.24) is 4.98 Å². The molecule has 100 valence electrons. The summed E-state index contributed by atoms with van der Waals surface area (Å²) in [7, 11) is 0. The Balaban J connectivity index is 2.06. The van der Waals surface area contributed by atoms with E-state index in [1.165, 1.54) is 0 Å². The maximum atomic E-state index is 6.17. The summed E-state index contributed by atoms with van der Waals surface area (Å²) >= 11 is 12.1. The average Bonchev–Trinajstić information content (AvgIpc) is 2.41. The van der Waals surface area contributed by atoms with Crippen molar-refractivity contribution in [3.63, 3.8) is 0 Å². The zero-order valence-electron chi connectivity index (χ0n) is 10.4. The van der Waals surface area contributed by atoms with Crippen LogP contribution in [-0.2, 0) is 0 Å². The van der Waals surface area contributed by atoms with E-state index in [1.54, 1.807) is 18.3 Å². The number of nitrogen functional groups attached to an aromatic ring is 1. The maximum Gasteiger partial charge on any atom is 0.0743 e. The van der Waals surface area contributed by atoms with E-state index in [-0.39, 0.29) is 0 Å². The fourth-order valence-corrected chi connectivity index (χ4v) is 2.47. The normalized spacial score (nSPS) is 10.7. The molecule has 0 unspecified atom stereocenters. The Hall–Kier alpha value is -1.97. The molecule has 0 aliphatic carbocycles. The van der Waals surface area contributed by atoms with E-state index in [9.17, 15) is 0 Å². The predicted octanol–water partition coefficient (Wildman–Crippen LogP) is 4.87. The number of pyridine rings is 1. The highest BCUT2D eigenvalue weighted by atomic mass is 35.5. The lowest BCUT2D eigenvalue weighted by Gasteiger charge is -2.11. The van der Waals surface area contributed by atoms with E-state index >= 15 is 0 Å². The summed E-state index contributed by atoms with van der Waals surface area (Å²) in [6.45, 7) is 0. The van der Waals surface area contributed by atoms with Crippen LogP contribution in [0, 0.1) is 0 Å². The third-order valence-corrected chi connectivity index (χ3v) is 3.52. The number of nitrogens with two attached hydrogens (primary N) is 1. The number of halogens is 2. The zero-order valence-corrected chi connectivity index (χ0v) is 11.9. The number of fused-ring (bicyclic) bond motifs is 1. The first-order chi connectivity index (χ1) is 9.63. The topological polar surface area (TPSA) is 50.9 Å². The smallest absolute Gasteiger partial charge is 0.0743 e. The maximum absolute atomic E-state index is 6.17. The van der Waals surface area contributed by atoms with Crippen molar-refractivity contribution in [2.45, 2.75) is 0 Å². The quantitative estimate of drug-likeness (QED) is 0.664. The minimum Gasteiger partial charge on any atom is -0.399 e. The van der Waals surface area contributed by atoms with E-state index in [0.717, 1.165) is 22.3 Å². The molecule has 0 amide bonds. The van der Waals surface area contributed by atoms with E-state index in [0.29, 0.717) is 15.7 Å². The van der Waals surface area contributed by atoms with Crippen LogP contribution < -0.4 is 11.1 Å². The number of benzene rings is 2. The van der Waals surface area contributed by atoms with E-state index in [1.807, 2.05) is 30.3 Å². The number of nitrogens with zero attached hydrogens (tertiary/aromatic N) is 1. The van der Waals surface area contributed by atoms with Crippen molar-refractivity contribution >= 4 is 51.2 Å². The highest BCUT2D eigenvalue weighted by molar-refractivity contribution is 6.36. The number of anilines is 3. The van der Waals surface area contributed by atoms with Crippen molar-refractivity contribution in [2.24, 2.45) is 0 Å². The van der Waals surface area contributed by atoms with Gasteiger partial charge in [0.1, 0.15) is 0 Å². The van der Waals surface area contributed by atoms with Crippen molar-refractivity contribution in [2.75, 3.05) is 11.1 Å². The van der Waals surface area contributed by atoms with Gasteiger partial charge in [-0.2, -0.15) is 0 Å². The molecule has 3 aromatic rings. The Morgan fingerprint density at radius 1 is 0.950 bits per heavy atom. The van der Waals surface area contributed by atoms with Gasteiger partial charge in [0.25, 0.3) is 0 Å². The van der Waals surface area contributed by atoms with Gasteiger partial charge in [0.05, 0.1) is 16.2 Å². The molecule has 0 aliphatic rings. The number of nitrogens with one attached hydrogen (secondary N) is 1. The summed E-state index contributed by atoms with van der Waals surface area (Å²) < 4.78 is 0. The van der Waals surface area contributed by atoms with Crippen LogP contribution in [0.15, 0.2) is 48.7 Å². The molecule has 3 rings (SSSR count). The lowest BCUT2D eigenvalue weighted by Crippen LogP contribution is -1.94. The van der Waals surface area contributed by atoms with Crippen molar-refractivity contribution < 1.29 is 0 Å². The summed E-state index contributed by atoms with van der Waals surface area (Å²) in [5.41, 5.74) is 9.00. The molecule has 0 fully saturated rings. The lowest BCUT2D eigenvalue weighted by atomic mass is 10.1. The SMILES string of the molecule is Nc1ccc2c(Nc3ccc(Cl)cc3Cl)ccnc2c1. The minimum absolute atomic E-state index is 0.568. The van der Waals surface area contributed by atoms with E-state index in [4.69, 9.17) is 28.9 Å². The third kappa shape index (κ3) is 2.50. The van der Waals surface area contributed by atoms with Gasteiger partial charge in [-0.3, -0.25) is 4.98 Å². The standard InChI is InChI=1S/C15H11Cl2N3/c16-9-1-4-14(12(17)7-9)20-13-5-6-19-15-8-10(18)2-3-11(13)15/h1-8H,18H2,(H,19,20). The second kappa shape index (κ2) is 5.19. The second-order valence-electron chi connectivity index (χ2n) is 4.38. The van der Waals surface area contributed by atoms with Gasteiger partial charge in [0.15, 0.2) is 0 Å². The molecule has 5 heteroatoms. The zero-order chi connectivity index (χ0) is 14.1. The molecule has 0 radical (unpaired) electrons. The van der Waals surface area contributed by atoms with Crippen LogP contribution in [0.5, 0.6) is 0 Å². The summed E-state index contributed by atoms with van der Waals surface area (Å²) in [5, 5.41) is 5.44.